The van der Waals surface area contributed by atoms with Gasteiger partial charge in [-0.05, 0) is 36.4 Å². The van der Waals surface area contributed by atoms with Gasteiger partial charge >= 0.3 is 0 Å². The second-order valence-corrected chi connectivity index (χ2v) is 3.80. The summed E-state index contributed by atoms with van der Waals surface area (Å²) >= 11 is 0. The molecule has 0 bridgehead atoms. The molecule has 1 N–H and O–H groups in total. The van der Waals surface area contributed by atoms with Crippen LogP contribution in [0.15, 0.2) is 40.8 Å². The molecule has 0 aliphatic rings. The van der Waals surface area contributed by atoms with Gasteiger partial charge in [0.1, 0.15) is 5.52 Å². The lowest BCUT2D eigenvalue weighted by Crippen LogP contribution is -1.86. The maximum atomic E-state index is 12.9. The molecule has 90 valence electrons. The Labute approximate surface area is 102 Å². The maximum Gasteiger partial charge on any atom is 0.250 e. The Morgan fingerprint density at radius 3 is 2.56 bits per heavy atom. The van der Waals surface area contributed by atoms with Crippen molar-refractivity contribution >= 4 is 16.9 Å². The zero-order valence-electron chi connectivity index (χ0n) is 9.64. The summed E-state index contributed by atoms with van der Waals surface area (Å²) < 4.78 is 18.4. The molecule has 0 amide bonds. The van der Waals surface area contributed by atoms with E-state index in [1.165, 1.54) is 6.07 Å². The van der Waals surface area contributed by atoms with Crippen LogP contribution in [-0.4, -0.2) is 17.0 Å². The molecule has 5 heteroatoms. The van der Waals surface area contributed by atoms with Crippen molar-refractivity contribution in [2.45, 2.75) is 0 Å². The third-order valence-electron chi connectivity index (χ3n) is 2.64. The van der Waals surface area contributed by atoms with Gasteiger partial charge in [-0.3, -0.25) is 0 Å². The lowest BCUT2D eigenvalue weighted by atomic mass is 10.2. The highest BCUT2D eigenvalue weighted by Crippen LogP contribution is 2.24. The molecule has 3 aromatic rings. The number of oxazole rings is 1. The molecule has 0 unspecified atom stereocenters. The third-order valence-corrected chi connectivity index (χ3v) is 2.64. The van der Waals surface area contributed by atoms with Crippen molar-refractivity contribution in [2.24, 2.45) is 0 Å². The highest BCUT2D eigenvalue weighted by molar-refractivity contribution is 5.72. The molecule has 0 aliphatic heterocycles. The van der Waals surface area contributed by atoms with E-state index in [1.807, 2.05) is 31.3 Å². The van der Waals surface area contributed by atoms with Gasteiger partial charge in [0.15, 0.2) is 0 Å². The number of hydrogen-bond donors (Lipinski definition) is 1. The fraction of sp³-hybridized carbons (Fsp3) is 0.0769. The van der Waals surface area contributed by atoms with E-state index in [0.717, 1.165) is 11.3 Å². The summed E-state index contributed by atoms with van der Waals surface area (Å²) in [6, 6.07) is 10.4. The van der Waals surface area contributed by atoms with E-state index in [9.17, 15) is 4.39 Å². The molecular formula is C13H10FN3O. The largest absolute Gasteiger partial charge is 0.418 e. The first-order valence-corrected chi connectivity index (χ1v) is 5.47. The molecule has 2 heterocycles. The van der Waals surface area contributed by atoms with Crippen LogP contribution in [0.25, 0.3) is 22.7 Å². The third kappa shape index (κ3) is 1.79. The molecule has 4 nitrogen and oxygen atoms in total. The van der Waals surface area contributed by atoms with Crippen molar-refractivity contribution in [1.82, 2.24) is 9.97 Å². The van der Waals surface area contributed by atoms with Crippen LogP contribution >= 0.6 is 0 Å². The molecule has 0 fully saturated rings. The number of nitrogens with zero attached hydrogens (tertiary/aromatic N) is 2. The Morgan fingerprint density at radius 2 is 1.83 bits per heavy atom. The van der Waals surface area contributed by atoms with Gasteiger partial charge in [-0.1, -0.05) is 0 Å². The van der Waals surface area contributed by atoms with Crippen LogP contribution < -0.4 is 5.32 Å². The van der Waals surface area contributed by atoms with Crippen LogP contribution in [0, 0.1) is 5.95 Å². The lowest BCUT2D eigenvalue weighted by Gasteiger charge is -1.99. The van der Waals surface area contributed by atoms with Crippen molar-refractivity contribution in [1.29, 1.82) is 0 Å². The second-order valence-electron chi connectivity index (χ2n) is 3.80. The number of fused-ring (bicyclic) bond motifs is 1. The summed E-state index contributed by atoms with van der Waals surface area (Å²) in [4.78, 5) is 7.91. The Morgan fingerprint density at radius 1 is 1.06 bits per heavy atom. The summed E-state index contributed by atoms with van der Waals surface area (Å²) in [6.07, 6.45) is 0. The first kappa shape index (κ1) is 10.7. The molecule has 2 aromatic heterocycles. The number of hydrogen-bond acceptors (Lipinski definition) is 4. The van der Waals surface area contributed by atoms with Crippen LogP contribution in [0.2, 0.25) is 0 Å². The van der Waals surface area contributed by atoms with Gasteiger partial charge in [0.05, 0.1) is 0 Å². The van der Waals surface area contributed by atoms with Gasteiger partial charge < -0.3 is 9.73 Å². The second kappa shape index (κ2) is 4.10. The molecule has 0 aliphatic carbocycles. The lowest BCUT2D eigenvalue weighted by molar-refractivity contribution is 0.559. The predicted octanol–water partition coefficient (Wildman–Crippen LogP) is 3.07. The van der Waals surface area contributed by atoms with Crippen molar-refractivity contribution in [3.63, 3.8) is 0 Å². The molecule has 1 aromatic carbocycles. The van der Waals surface area contributed by atoms with E-state index in [2.05, 4.69) is 15.3 Å². The standard InChI is InChI=1S/C13H10FN3O/c1-15-9-4-2-8(3-5-9)12-16-10-6-7-11(14)17-13(10)18-12/h2-7,15H,1H3/i14-1. The van der Waals surface area contributed by atoms with E-state index in [0.29, 0.717) is 11.4 Å². The van der Waals surface area contributed by atoms with Crippen LogP contribution in [0.3, 0.4) is 0 Å². The smallest absolute Gasteiger partial charge is 0.250 e. The van der Waals surface area contributed by atoms with Gasteiger partial charge in [-0.2, -0.15) is 9.37 Å². The topological polar surface area (TPSA) is 51.0 Å². The van der Waals surface area contributed by atoms with Crippen molar-refractivity contribution in [2.75, 3.05) is 12.4 Å². The summed E-state index contributed by atoms with van der Waals surface area (Å²) in [5.74, 6) is -0.138. The normalized spacial score (nSPS) is 10.8. The number of halogens is 1. The van der Waals surface area contributed by atoms with Gasteiger partial charge in [-0.25, -0.2) is 4.98 Å². The minimum atomic E-state index is -0.573. The number of nitrogens with one attached hydrogen (secondary N) is 1. The first-order chi connectivity index (χ1) is 8.76. The summed E-state index contributed by atoms with van der Waals surface area (Å²) in [7, 11) is 1.85. The molecular weight excluding hydrogens is 232 g/mol. The van der Waals surface area contributed by atoms with Crippen molar-refractivity contribution < 1.29 is 8.81 Å². The van der Waals surface area contributed by atoms with Crippen LogP contribution in [0.5, 0.6) is 0 Å². The Kier molecular flexibility index (Phi) is 2.44. The highest BCUT2D eigenvalue weighted by Gasteiger charge is 2.09. The Bertz CT molecular complexity index is 691. The van der Waals surface area contributed by atoms with E-state index < -0.39 is 5.95 Å². The van der Waals surface area contributed by atoms with Gasteiger partial charge in [0.25, 0.3) is 0 Å². The highest BCUT2D eigenvalue weighted by atomic mass is 18.2. The number of anilines is 1. The Balaban J connectivity index is 2.07. The van der Waals surface area contributed by atoms with E-state index in [-0.39, 0.29) is 5.71 Å². The average molecular weight is 242 g/mol. The molecule has 0 saturated heterocycles. The summed E-state index contributed by atoms with van der Waals surface area (Å²) in [5.41, 5.74) is 2.58. The minimum absolute atomic E-state index is 0.211. The first-order valence-electron chi connectivity index (χ1n) is 5.47. The summed E-state index contributed by atoms with van der Waals surface area (Å²) in [5, 5.41) is 3.03. The zero-order valence-corrected chi connectivity index (χ0v) is 9.64. The minimum Gasteiger partial charge on any atom is -0.418 e. The van der Waals surface area contributed by atoms with Crippen LogP contribution in [0.1, 0.15) is 0 Å². The molecule has 3 rings (SSSR count). The predicted molar refractivity (Wildman–Crippen MR) is 66.7 cm³/mol. The number of aromatic nitrogens is 2. The molecule has 0 saturated carbocycles. The number of pyridine rings is 1. The molecule has 0 spiro atoms. The monoisotopic (exact) mass is 242 g/mol. The van der Waals surface area contributed by atoms with E-state index in [4.69, 9.17) is 4.42 Å². The van der Waals surface area contributed by atoms with Crippen molar-refractivity contribution in [3.8, 4) is 11.5 Å². The molecule has 0 atom stereocenters. The zero-order chi connectivity index (χ0) is 12.5. The van der Waals surface area contributed by atoms with Crippen LogP contribution in [0.4, 0.5) is 10.1 Å². The number of rotatable bonds is 2. The van der Waals surface area contributed by atoms with Crippen LogP contribution in [-0.2, 0) is 0 Å². The summed E-state index contributed by atoms with van der Waals surface area (Å²) in [6.45, 7) is 0. The fourth-order valence-corrected chi connectivity index (χ4v) is 1.70. The molecule has 18 heavy (non-hydrogen) atoms. The van der Waals surface area contributed by atoms with Gasteiger partial charge in [0.2, 0.25) is 17.6 Å². The number of benzene rings is 1. The van der Waals surface area contributed by atoms with E-state index >= 15 is 0 Å². The quantitative estimate of drug-likeness (QED) is 0.701. The van der Waals surface area contributed by atoms with Gasteiger partial charge in [-0.15, -0.1) is 0 Å². The molecule has 0 radical (unpaired) electrons. The maximum absolute atomic E-state index is 12.9. The van der Waals surface area contributed by atoms with E-state index in [1.54, 1.807) is 6.07 Å². The fourth-order valence-electron chi connectivity index (χ4n) is 1.70. The van der Waals surface area contributed by atoms with Gasteiger partial charge in [0, 0.05) is 18.3 Å². The SMILES string of the molecule is CNc1ccc(-c2nc3ccc([18F])nc3o2)cc1. The van der Waals surface area contributed by atoms with Crippen molar-refractivity contribution in [3.05, 3.63) is 42.3 Å². The average Bonchev–Trinajstić information content (AvgIpc) is 2.81. The Hall–Kier alpha value is -2.43.